The van der Waals surface area contributed by atoms with Crippen LogP contribution in [-0.4, -0.2) is 191 Å². The Labute approximate surface area is 584 Å². The number of aliphatic hydroxyl groups is 6. The van der Waals surface area contributed by atoms with Gasteiger partial charge in [-0.25, -0.2) is 4.79 Å². The van der Waals surface area contributed by atoms with Crippen LogP contribution >= 0.6 is 23.2 Å². The molecule has 0 radical (unpaired) electrons. The van der Waals surface area contributed by atoms with Crippen LogP contribution in [0.2, 0.25) is 10.0 Å². The van der Waals surface area contributed by atoms with E-state index in [-0.39, 0.29) is 46.2 Å². The summed E-state index contributed by atoms with van der Waals surface area (Å²) < 4.78 is 38.3. The molecule has 35 heteroatoms. The molecule has 18 atom stereocenters. The van der Waals surface area contributed by atoms with Gasteiger partial charge < -0.3 is 128 Å². The Bertz CT molecular complexity index is 4070. The van der Waals surface area contributed by atoms with E-state index in [1.54, 1.807) is 0 Å². The number of halogens is 2. The van der Waals surface area contributed by atoms with Gasteiger partial charge in [-0.1, -0.05) is 55.2 Å². The third-order valence-corrected chi connectivity index (χ3v) is 18.4. The maximum absolute atomic E-state index is 16.0. The number of hydrogen-bond donors (Lipinski definition) is 19. The lowest BCUT2D eigenvalue weighted by atomic mass is 9.86. The van der Waals surface area contributed by atoms with Crippen molar-refractivity contribution >= 4 is 70.5 Å². The fraction of sp³-hybridized carbons (Fsp3) is 0.424. The molecule has 11 bridgehead atoms. The maximum atomic E-state index is 16.0. The number of carbonyl (C=O) groups is 8. The first-order valence-corrected chi connectivity index (χ1v) is 32.4. The number of amides is 7. The van der Waals surface area contributed by atoms with Crippen LogP contribution in [0.15, 0.2) is 78.9 Å². The Morgan fingerprint density at radius 3 is 1.90 bits per heavy atom. The lowest BCUT2D eigenvalue weighted by Gasteiger charge is -2.47. The Hall–Kier alpha value is -9.20. The molecule has 33 nitrogen and oxygen atoms in total. The molecule has 0 aliphatic carbocycles. The van der Waals surface area contributed by atoms with Crippen molar-refractivity contribution in [2.24, 2.45) is 17.4 Å². The van der Waals surface area contributed by atoms with Gasteiger partial charge >= 0.3 is 5.97 Å². The quantitative estimate of drug-likeness (QED) is 0.0743. The second kappa shape index (κ2) is 30.2. The van der Waals surface area contributed by atoms with Crippen LogP contribution in [0.1, 0.15) is 105 Å². The van der Waals surface area contributed by atoms with Crippen LogP contribution in [0.25, 0.3) is 11.1 Å². The summed E-state index contributed by atoms with van der Waals surface area (Å²) in [6.45, 7) is 5.66. The molecular formula is C66H75Cl2N9O24. The van der Waals surface area contributed by atoms with Crippen molar-refractivity contribution in [3.63, 3.8) is 0 Å². The van der Waals surface area contributed by atoms with Gasteiger partial charge in [0, 0.05) is 34.7 Å². The van der Waals surface area contributed by atoms with E-state index in [1.165, 1.54) is 33.0 Å². The number of phenols is 3. The number of nitrogens with one attached hydrogen (secondary N) is 7. The van der Waals surface area contributed by atoms with Crippen LogP contribution in [-0.2, 0) is 52.6 Å². The molecule has 7 amide bonds. The first-order valence-electron chi connectivity index (χ1n) is 31.6. The number of aliphatic hydroxyl groups excluding tert-OH is 6. The molecule has 2 saturated heterocycles. The van der Waals surface area contributed by atoms with Gasteiger partial charge in [0.2, 0.25) is 53.4 Å². The monoisotopic (exact) mass is 1450 g/mol. The number of carbonyl (C=O) groups excluding carboxylic acids is 7. The van der Waals surface area contributed by atoms with Gasteiger partial charge in [0.15, 0.2) is 29.9 Å². The summed E-state index contributed by atoms with van der Waals surface area (Å²) in [5.74, 6) is -16.0. The number of phenolic OH excluding ortho intramolecular Hbond substituents is 3. The van der Waals surface area contributed by atoms with Gasteiger partial charge in [-0.3, -0.25) is 33.6 Å². The molecular weight excluding hydrogens is 1370 g/mol. The van der Waals surface area contributed by atoms with Crippen molar-refractivity contribution in [1.82, 2.24) is 37.2 Å². The van der Waals surface area contributed by atoms with Crippen LogP contribution in [0, 0.1) is 5.92 Å². The number of rotatable bonds is 13. The lowest BCUT2D eigenvalue weighted by Crippen LogP contribution is -2.64. The summed E-state index contributed by atoms with van der Waals surface area (Å²) in [7, 11) is 1.47. The van der Waals surface area contributed by atoms with E-state index in [1.807, 2.05) is 13.8 Å². The standard InChI is InChI=1S/C66H75Cl2N9O24/c1-23(2)12-34(71-5)58(88)76-49-51(83)26-7-10-38(32(67)14-26)97-40-16-28-17-41(55(40)101-65-56(54(86)53(85)42(22-78)99-65)100-44-21-66(4,70)57(87)24(3)96-44)98-39-11-8-27(15-33(39)68)52(84)50-63(93)75-48(64(94)95)31-18-29(79)19-37(81)45(31)30-13-25(6-9-36(30)80)46(60(90)77-50)74-61(91)47(28)73-59(89)35(20-43(69)82)72-62(49)92/h6-11,13-19,23-24,34-35,42,44,46-54,56-57,65,71,78-81,83-87H,12,20-22,70H2,1-5H3,(H2,69,82)(H,72,92)(H,73,89)(H,74,91)(H,75,93)(H,76,88)(H,77,90)(H,94,95)/t24-,34-,35+,42-,44+,46-,47-,48+,49-,50+,51-,52-,53-,54+,56-,57+,65+,66-/m1/s1. The van der Waals surface area contributed by atoms with E-state index >= 15 is 14.4 Å². The fourth-order valence-corrected chi connectivity index (χ4v) is 12.9. The minimum absolute atomic E-state index is 0.0975. The van der Waals surface area contributed by atoms with Gasteiger partial charge in [-0.15, -0.1) is 0 Å². The third kappa shape index (κ3) is 15.8. The molecule has 7 heterocycles. The molecule has 101 heavy (non-hydrogen) atoms. The summed E-state index contributed by atoms with van der Waals surface area (Å²) in [6, 6.07) is -0.679. The Morgan fingerprint density at radius 2 is 1.32 bits per heavy atom. The van der Waals surface area contributed by atoms with Gasteiger partial charge in [-0.05, 0) is 110 Å². The minimum atomic E-state index is -2.35. The molecule has 7 aliphatic rings. The average molecular weight is 1450 g/mol. The van der Waals surface area contributed by atoms with E-state index in [4.69, 9.17) is 63.1 Å². The molecule has 0 spiro atoms. The number of hydrogen-bond acceptors (Lipinski definition) is 25. The predicted octanol–water partition coefficient (Wildman–Crippen LogP) is 0.106. The number of aliphatic carboxylic acids is 1. The predicted molar refractivity (Wildman–Crippen MR) is 349 cm³/mol. The highest BCUT2D eigenvalue weighted by atomic mass is 35.5. The smallest absolute Gasteiger partial charge is 0.330 e. The highest BCUT2D eigenvalue weighted by molar-refractivity contribution is 6.32. The topological polar surface area (TPSA) is 530 Å². The zero-order valence-electron chi connectivity index (χ0n) is 54.3. The van der Waals surface area contributed by atoms with E-state index < -0.39 is 237 Å². The number of carboxylic acids is 1. The van der Waals surface area contributed by atoms with Crippen molar-refractivity contribution in [3.8, 4) is 57.1 Å². The lowest BCUT2D eigenvalue weighted by molar-refractivity contribution is -0.333. The van der Waals surface area contributed by atoms with Gasteiger partial charge in [-0.2, -0.15) is 0 Å². The maximum Gasteiger partial charge on any atom is 0.330 e. The molecule has 5 aromatic carbocycles. The molecule has 0 aromatic heterocycles. The normalized spacial score (nSPS) is 29.4. The molecule has 7 aliphatic heterocycles. The number of benzene rings is 5. The fourth-order valence-electron chi connectivity index (χ4n) is 12.5. The van der Waals surface area contributed by atoms with E-state index in [9.17, 15) is 75.0 Å². The van der Waals surface area contributed by atoms with E-state index in [0.29, 0.717) is 0 Å². The number of likely N-dealkylation sites (N-methyl/N-ethyl adjacent to an activating group) is 1. The number of ether oxygens (including phenoxy) is 6. The molecule has 12 rings (SSSR count). The Kier molecular flexibility index (Phi) is 22.2. The molecule has 0 unspecified atom stereocenters. The molecule has 542 valence electrons. The van der Waals surface area contributed by atoms with Crippen LogP contribution in [0.4, 0.5) is 0 Å². The van der Waals surface area contributed by atoms with Crippen molar-refractivity contribution in [1.29, 1.82) is 0 Å². The molecule has 2 fully saturated rings. The van der Waals surface area contributed by atoms with Crippen LogP contribution in [0.5, 0.6) is 46.0 Å². The number of aromatic hydroxyl groups is 3. The zero-order chi connectivity index (χ0) is 73.5. The Balaban J connectivity index is 1.24. The zero-order valence-corrected chi connectivity index (χ0v) is 55.8. The third-order valence-electron chi connectivity index (χ3n) is 17.8. The summed E-state index contributed by atoms with van der Waals surface area (Å²) in [6.07, 6.45) is -18.6. The number of primary amides is 1. The summed E-state index contributed by atoms with van der Waals surface area (Å²) in [5.41, 5.74) is 8.00. The molecule has 5 aromatic rings. The highest BCUT2D eigenvalue weighted by Crippen LogP contribution is 2.50. The van der Waals surface area contributed by atoms with Gasteiger partial charge in [0.05, 0.1) is 41.3 Å². The average Bonchev–Trinajstić information content (AvgIpc) is 0.775. The van der Waals surface area contributed by atoms with E-state index in [0.717, 1.165) is 66.7 Å². The molecule has 21 N–H and O–H groups in total. The second-order valence-corrected chi connectivity index (χ2v) is 26.5. The molecule has 0 saturated carbocycles. The number of carboxylic acid groups (broad SMARTS) is 1. The summed E-state index contributed by atoms with van der Waals surface area (Å²) in [5, 5.41) is 131. The first kappa shape index (κ1) is 74.5. The van der Waals surface area contributed by atoms with Crippen molar-refractivity contribution < 1.29 is 118 Å². The van der Waals surface area contributed by atoms with Crippen LogP contribution < -0.4 is 62.9 Å². The first-order chi connectivity index (χ1) is 47.7. The van der Waals surface area contributed by atoms with Crippen molar-refractivity contribution in [2.75, 3.05) is 13.7 Å². The number of fused-ring (bicyclic) bond motifs is 15. The Morgan fingerprint density at radius 1 is 0.713 bits per heavy atom. The largest absolute Gasteiger partial charge is 0.508 e. The SMILES string of the molecule is CN[C@H](CC(C)C)C(=O)N[C@H]1C(=O)N[C@@H](CC(N)=O)C(=O)N[C@H]2C(=O)N[C@H]3C(=O)N[C@H](C(=O)N[C@H](C(=O)O)c4cc(O)cc(O)c4-c4cc3ccc4O)[C@H](O)c3ccc(c(Cl)c3)Oc3cc2cc(c3O[C@@H]2O[C@H](CO)[C@@H](O)[C@H](O)[C@H]2O[C@H]2C[C@@](C)(N)[C@@H](O)[C@@H](C)O2)Oc2ccc(cc2Cl)[C@H]1O. The van der Waals surface area contributed by atoms with E-state index in [2.05, 4.69) is 37.2 Å². The van der Waals surface area contributed by atoms with Crippen molar-refractivity contribution in [3.05, 3.63) is 117 Å². The van der Waals surface area contributed by atoms with Gasteiger partial charge in [0.1, 0.15) is 89.5 Å². The minimum Gasteiger partial charge on any atom is -0.508 e. The van der Waals surface area contributed by atoms with Gasteiger partial charge in [0.25, 0.3) is 0 Å². The van der Waals surface area contributed by atoms with Crippen LogP contribution in [0.3, 0.4) is 0 Å². The summed E-state index contributed by atoms with van der Waals surface area (Å²) >= 11 is 14.1. The summed E-state index contributed by atoms with van der Waals surface area (Å²) in [4.78, 5) is 117. The highest BCUT2D eigenvalue weighted by Gasteiger charge is 2.51. The number of nitrogens with two attached hydrogens (primary N) is 2. The van der Waals surface area contributed by atoms with Crippen molar-refractivity contribution in [2.45, 2.75) is 156 Å². The second-order valence-electron chi connectivity index (χ2n) is 25.7.